The van der Waals surface area contributed by atoms with Crippen LogP contribution in [0, 0.1) is 11.6 Å². The molecule has 2 aliphatic rings. The van der Waals surface area contributed by atoms with Crippen LogP contribution in [0.5, 0.6) is 0 Å². The van der Waals surface area contributed by atoms with Gasteiger partial charge in [-0.25, -0.2) is 18.3 Å². The predicted molar refractivity (Wildman–Crippen MR) is 94.1 cm³/mol. The van der Waals surface area contributed by atoms with Gasteiger partial charge in [0.2, 0.25) is 0 Å². The zero-order chi connectivity index (χ0) is 19.0. The summed E-state index contributed by atoms with van der Waals surface area (Å²) in [7, 11) is -0.944. The zero-order valence-corrected chi connectivity index (χ0v) is 15.1. The molecule has 144 valence electrons. The minimum Gasteiger partial charge on any atom is -0.442 e. The highest BCUT2D eigenvalue weighted by Gasteiger charge is 2.34. The largest absolute Gasteiger partial charge is 0.442 e. The minimum atomic E-state index is -0.944. The second kappa shape index (κ2) is 7.22. The van der Waals surface area contributed by atoms with Crippen molar-refractivity contribution in [3.63, 3.8) is 0 Å². The summed E-state index contributed by atoms with van der Waals surface area (Å²) in [6.45, 7) is 1.10. The Morgan fingerprint density at radius 3 is 2.56 bits per heavy atom. The summed E-state index contributed by atoms with van der Waals surface area (Å²) in [5, 5.41) is 7.49. The first-order valence-corrected chi connectivity index (χ1v) is 9.91. The van der Waals surface area contributed by atoms with E-state index in [1.54, 1.807) is 11.1 Å². The molecule has 27 heavy (non-hydrogen) atoms. The number of carbonyl (C=O) groups is 1. The van der Waals surface area contributed by atoms with E-state index in [-0.39, 0.29) is 17.9 Å². The topological polar surface area (TPSA) is 80.6 Å². The molecule has 1 aromatic heterocycles. The van der Waals surface area contributed by atoms with Crippen LogP contribution in [0.2, 0.25) is 0 Å². The van der Waals surface area contributed by atoms with Gasteiger partial charge in [0.15, 0.2) is 11.6 Å². The van der Waals surface area contributed by atoms with Crippen LogP contribution >= 0.6 is 0 Å². The summed E-state index contributed by atoms with van der Waals surface area (Å²) < 4.78 is 47.4. The molecule has 2 aliphatic heterocycles. The van der Waals surface area contributed by atoms with Crippen LogP contribution in [-0.2, 0) is 22.1 Å². The third-order valence-electron chi connectivity index (χ3n) is 4.54. The van der Waals surface area contributed by atoms with Crippen molar-refractivity contribution < 1.29 is 22.5 Å². The Hall–Kier alpha value is -2.56. The quantitative estimate of drug-likeness (QED) is 0.770. The number of amides is 1. The number of ether oxygens (including phenoxy) is 1. The van der Waals surface area contributed by atoms with E-state index < -0.39 is 34.6 Å². The summed E-state index contributed by atoms with van der Waals surface area (Å²) >= 11 is 0. The van der Waals surface area contributed by atoms with Gasteiger partial charge in [0.05, 0.1) is 25.0 Å². The highest BCUT2D eigenvalue weighted by atomic mass is 32.2. The van der Waals surface area contributed by atoms with E-state index in [9.17, 15) is 17.8 Å². The first-order chi connectivity index (χ1) is 13.0. The SMILES string of the molecule is O=C1O[C@@H](Cn2ccnn2)CN1c1cc(F)c(N2CCS(=O)CC2)c(F)c1. The fraction of sp³-hybridized carbons (Fsp3) is 0.438. The summed E-state index contributed by atoms with van der Waals surface area (Å²) in [5.74, 6) is -0.762. The van der Waals surface area contributed by atoms with Gasteiger partial charge in [-0.2, -0.15) is 0 Å². The van der Waals surface area contributed by atoms with Crippen LogP contribution in [0.1, 0.15) is 0 Å². The second-order valence-corrected chi connectivity index (χ2v) is 8.03. The maximum absolute atomic E-state index is 14.6. The first kappa shape index (κ1) is 17.8. The van der Waals surface area contributed by atoms with Crippen molar-refractivity contribution in [1.82, 2.24) is 15.0 Å². The molecular weight excluding hydrogens is 380 g/mol. The Morgan fingerprint density at radius 1 is 1.22 bits per heavy atom. The van der Waals surface area contributed by atoms with Crippen LogP contribution in [0.25, 0.3) is 0 Å². The van der Waals surface area contributed by atoms with E-state index in [0.29, 0.717) is 31.1 Å². The number of rotatable bonds is 4. The normalized spacial score (nSPS) is 21.0. The number of anilines is 2. The van der Waals surface area contributed by atoms with Gasteiger partial charge in [-0.3, -0.25) is 9.11 Å². The first-order valence-electron chi connectivity index (χ1n) is 8.42. The molecule has 2 aromatic rings. The van der Waals surface area contributed by atoms with Crippen molar-refractivity contribution in [2.45, 2.75) is 12.6 Å². The molecule has 0 unspecified atom stereocenters. The van der Waals surface area contributed by atoms with Crippen LogP contribution < -0.4 is 9.80 Å². The van der Waals surface area contributed by atoms with E-state index in [1.165, 1.54) is 15.8 Å². The second-order valence-electron chi connectivity index (χ2n) is 6.33. The maximum Gasteiger partial charge on any atom is 0.414 e. The molecule has 2 saturated heterocycles. The molecule has 8 nitrogen and oxygen atoms in total. The standard InChI is InChI=1S/C16H17F2N5O3S/c17-13-7-11(8-14(18)15(13)21-3-5-27(25)6-4-21)23-10-12(26-16(23)24)9-22-2-1-19-20-22/h1-2,7-8,12H,3-6,9-10H2/t12-/m0/s1. The minimum absolute atomic E-state index is 0.0976. The molecule has 0 saturated carbocycles. The van der Waals surface area contributed by atoms with Gasteiger partial charge in [-0.05, 0) is 0 Å². The van der Waals surface area contributed by atoms with Crippen molar-refractivity contribution in [2.75, 3.05) is 40.9 Å². The number of benzene rings is 1. The number of cyclic esters (lactones) is 1. The fourth-order valence-electron chi connectivity index (χ4n) is 3.24. The van der Waals surface area contributed by atoms with Crippen LogP contribution in [0.3, 0.4) is 0 Å². The number of nitrogens with zero attached hydrogens (tertiary/aromatic N) is 5. The highest BCUT2D eigenvalue weighted by Crippen LogP contribution is 2.31. The fourth-order valence-corrected chi connectivity index (χ4v) is 4.29. The molecular formula is C16H17F2N5O3S. The average Bonchev–Trinajstić information content (AvgIpc) is 3.26. The van der Waals surface area contributed by atoms with E-state index in [4.69, 9.17) is 4.74 Å². The summed E-state index contributed by atoms with van der Waals surface area (Å²) in [4.78, 5) is 14.9. The maximum atomic E-state index is 14.6. The van der Waals surface area contributed by atoms with Crippen molar-refractivity contribution >= 4 is 28.3 Å². The van der Waals surface area contributed by atoms with Crippen molar-refractivity contribution in [2.24, 2.45) is 0 Å². The van der Waals surface area contributed by atoms with Gasteiger partial charge in [-0.15, -0.1) is 5.10 Å². The lowest BCUT2D eigenvalue weighted by molar-refractivity contribution is 0.129. The Bertz CT molecular complexity index is 846. The predicted octanol–water partition coefficient (Wildman–Crippen LogP) is 1.15. The number of carbonyl (C=O) groups excluding carboxylic acids is 1. The summed E-state index contributed by atoms with van der Waals surface area (Å²) in [6.07, 6.45) is 1.98. The number of aromatic nitrogens is 3. The molecule has 4 rings (SSSR count). The lowest BCUT2D eigenvalue weighted by Crippen LogP contribution is -2.38. The molecule has 1 atom stereocenters. The van der Waals surface area contributed by atoms with E-state index in [2.05, 4.69) is 10.3 Å². The van der Waals surface area contributed by atoms with E-state index >= 15 is 0 Å². The number of halogens is 2. The smallest absolute Gasteiger partial charge is 0.414 e. The van der Waals surface area contributed by atoms with Crippen molar-refractivity contribution in [1.29, 1.82) is 0 Å². The van der Waals surface area contributed by atoms with Gasteiger partial charge in [0.1, 0.15) is 11.8 Å². The molecule has 11 heteroatoms. The summed E-state index contributed by atoms with van der Waals surface area (Å²) in [5.41, 5.74) is -0.0531. The third kappa shape index (κ3) is 3.64. The van der Waals surface area contributed by atoms with E-state index in [0.717, 1.165) is 12.1 Å². The number of hydrogen-bond acceptors (Lipinski definition) is 6. The third-order valence-corrected chi connectivity index (χ3v) is 5.82. The molecule has 3 heterocycles. The van der Waals surface area contributed by atoms with Crippen molar-refractivity contribution in [3.8, 4) is 0 Å². The monoisotopic (exact) mass is 397 g/mol. The van der Waals surface area contributed by atoms with Crippen molar-refractivity contribution in [3.05, 3.63) is 36.2 Å². The lowest BCUT2D eigenvalue weighted by atomic mass is 10.2. The van der Waals surface area contributed by atoms with Crippen LogP contribution in [0.4, 0.5) is 25.0 Å². The molecule has 0 N–H and O–H groups in total. The van der Waals surface area contributed by atoms with Gasteiger partial charge in [0.25, 0.3) is 0 Å². The average molecular weight is 397 g/mol. The molecule has 0 bridgehead atoms. The van der Waals surface area contributed by atoms with Gasteiger partial charge in [0, 0.05) is 53.7 Å². The van der Waals surface area contributed by atoms with Crippen LogP contribution in [-0.4, -0.2) is 62.5 Å². The van der Waals surface area contributed by atoms with Gasteiger partial charge in [-0.1, -0.05) is 5.21 Å². The van der Waals surface area contributed by atoms with Gasteiger partial charge < -0.3 is 9.64 Å². The Balaban J connectivity index is 1.52. The Morgan fingerprint density at radius 2 is 1.93 bits per heavy atom. The molecule has 0 spiro atoms. The summed E-state index contributed by atoms with van der Waals surface area (Å²) in [6, 6.07) is 2.26. The van der Waals surface area contributed by atoms with Gasteiger partial charge >= 0.3 is 6.09 Å². The van der Waals surface area contributed by atoms with Crippen LogP contribution in [0.15, 0.2) is 24.5 Å². The molecule has 0 aliphatic carbocycles. The lowest BCUT2D eigenvalue weighted by Gasteiger charge is -2.29. The van der Waals surface area contributed by atoms with E-state index in [1.807, 2.05) is 0 Å². The highest BCUT2D eigenvalue weighted by molar-refractivity contribution is 7.85. The molecule has 0 radical (unpaired) electrons. The molecule has 1 amide bonds. The molecule has 1 aromatic carbocycles. The Labute approximate surface area is 156 Å². The molecule has 2 fully saturated rings. The zero-order valence-electron chi connectivity index (χ0n) is 14.3. The number of hydrogen-bond donors (Lipinski definition) is 0. The Kier molecular flexibility index (Phi) is 4.77.